The summed E-state index contributed by atoms with van der Waals surface area (Å²) in [7, 11) is 0. The summed E-state index contributed by atoms with van der Waals surface area (Å²) >= 11 is 0. The van der Waals surface area contributed by atoms with Gasteiger partial charge in [0, 0.05) is 6.04 Å². The van der Waals surface area contributed by atoms with Gasteiger partial charge in [0.2, 0.25) is 0 Å². The summed E-state index contributed by atoms with van der Waals surface area (Å²) in [5.41, 5.74) is 3.26. The maximum Gasteiger partial charge on any atom is 0.323 e. The van der Waals surface area contributed by atoms with Crippen molar-refractivity contribution < 1.29 is 9.90 Å². The van der Waals surface area contributed by atoms with E-state index in [1.165, 1.54) is 36.0 Å². The molecule has 2 rings (SSSR count). The number of hydrogen-bond donors (Lipinski definition) is 2. The summed E-state index contributed by atoms with van der Waals surface area (Å²) in [5.74, 6) is -0.759. The van der Waals surface area contributed by atoms with Crippen LogP contribution in [0.1, 0.15) is 75.6 Å². The third kappa shape index (κ3) is 3.89. The number of benzene rings is 1. The minimum absolute atomic E-state index is 0.0465. The summed E-state index contributed by atoms with van der Waals surface area (Å²) in [4.78, 5) is 11.7. The Hall–Kier alpha value is -1.35. The molecule has 0 bridgehead atoms. The number of fused-ring (bicyclic) bond motifs is 1. The quantitative estimate of drug-likeness (QED) is 0.791. The second kappa shape index (κ2) is 7.28. The molecule has 1 aliphatic rings. The predicted molar refractivity (Wildman–Crippen MR) is 90.2 cm³/mol. The molecule has 0 heterocycles. The van der Waals surface area contributed by atoms with E-state index in [0.29, 0.717) is 6.42 Å². The van der Waals surface area contributed by atoms with Gasteiger partial charge in [-0.2, -0.15) is 0 Å². The molecule has 1 aromatic carbocycles. The second-order valence-electron chi connectivity index (χ2n) is 6.84. The normalized spacial score (nSPS) is 18.3. The van der Waals surface area contributed by atoms with Crippen LogP contribution in [0.25, 0.3) is 0 Å². The lowest BCUT2D eigenvalue weighted by molar-refractivity contribution is -0.144. The van der Waals surface area contributed by atoms with Crippen LogP contribution in [0.3, 0.4) is 0 Å². The Morgan fingerprint density at radius 2 is 2.00 bits per heavy atom. The number of carboxylic acids is 1. The van der Waals surface area contributed by atoms with E-state index in [4.69, 9.17) is 0 Å². The van der Waals surface area contributed by atoms with Gasteiger partial charge in [-0.3, -0.25) is 10.1 Å². The average molecular weight is 303 g/mol. The molecule has 0 saturated carbocycles. The molecule has 2 N–H and O–H groups in total. The van der Waals surface area contributed by atoms with E-state index < -0.39 is 11.5 Å². The van der Waals surface area contributed by atoms with E-state index in [2.05, 4.69) is 37.4 Å². The fourth-order valence-corrected chi connectivity index (χ4v) is 3.36. The van der Waals surface area contributed by atoms with Crippen LogP contribution in [-0.4, -0.2) is 16.6 Å². The van der Waals surface area contributed by atoms with Crippen LogP contribution >= 0.6 is 0 Å². The van der Waals surface area contributed by atoms with Gasteiger partial charge in [0.15, 0.2) is 0 Å². The fraction of sp³-hybridized carbons (Fsp3) is 0.632. The smallest absolute Gasteiger partial charge is 0.323 e. The number of carbonyl (C=O) groups is 1. The maximum atomic E-state index is 11.7. The molecule has 3 heteroatoms. The summed E-state index contributed by atoms with van der Waals surface area (Å²) in [6, 6.07) is 6.70. The number of rotatable bonds is 7. The minimum Gasteiger partial charge on any atom is -0.480 e. The van der Waals surface area contributed by atoms with Gasteiger partial charge in [-0.25, -0.2) is 0 Å². The van der Waals surface area contributed by atoms with Crippen molar-refractivity contribution in [3.8, 4) is 0 Å². The predicted octanol–water partition coefficient (Wildman–Crippen LogP) is 4.25. The molecule has 0 spiro atoms. The van der Waals surface area contributed by atoms with Crippen molar-refractivity contribution in [3.05, 3.63) is 34.9 Å². The van der Waals surface area contributed by atoms with E-state index >= 15 is 0 Å². The van der Waals surface area contributed by atoms with Crippen molar-refractivity contribution in [2.75, 3.05) is 0 Å². The molecule has 1 aliphatic carbocycles. The molecule has 3 nitrogen and oxygen atoms in total. The van der Waals surface area contributed by atoms with Crippen LogP contribution in [0, 0.1) is 0 Å². The van der Waals surface area contributed by atoms with Crippen molar-refractivity contribution in [1.82, 2.24) is 5.32 Å². The third-order valence-corrected chi connectivity index (χ3v) is 4.91. The molecule has 0 fully saturated rings. The molecule has 122 valence electrons. The molecule has 0 aliphatic heterocycles. The van der Waals surface area contributed by atoms with Gasteiger partial charge in [-0.15, -0.1) is 0 Å². The third-order valence-electron chi connectivity index (χ3n) is 4.91. The number of nitrogens with one attached hydrogen (secondary N) is 1. The largest absolute Gasteiger partial charge is 0.480 e. The van der Waals surface area contributed by atoms with Gasteiger partial charge < -0.3 is 5.11 Å². The van der Waals surface area contributed by atoms with Crippen molar-refractivity contribution in [2.45, 2.75) is 77.3 Å². The van der Waals surface area contributed by atoms with E-state index in [-0.39, 0.29) is 6.04 Å². The van der Waals surface area contributed by atoms with Crippen LogP contribution in [0.2, 0.25) is 0 Å². The van der Waals surface area contributed by atoms with Crippen LogP contribution in [0.5, 0.6) is 0 Å². The molecule has 0 aromatic heterocycles. The highest BCUT2D eigenvalue weighted by molar-refractivity contribution is 5.78. The number of aryl methyl sites for hydroxylation is 2. The zero-order valence-electron chi connectivity index (χ0n) is 14.1. The van der Waals surface area contributed by atoms with Crippen LogP contribution in [0.4, 0.5) is 0 Å². The Morgan fingerprint density at radius 3 is 2.64 bits per heavy atom. The first kappa shape index (κ1) is 17.0. The van der Waals surface area contributed by atoms with Gasteiger partial charge in [0.25, 0.3) is 0 Å². The Morgan fingerprint density at radius 1 is 1.32 bits per heavy atom. The highest BCUT2D eigenvalue weighted by Gasteiger charge is 2.33. The summed E-state index contributed by atoms with van der Waals surface area (Å²) in [6.45, 7) is 5.97. The Kier molecular flexibility index (Phi) is 5.63. The first-order valence-corrected chi connectivity index (χ1v) is 8.59. The molecular weight excluding hydrogens is 274 g/mol. The Labute approximate surface area is 134 Å². The summed E-state index contributed by atoms with van der Waals surface area (Å²) in [5, 5.41) is 12.9. The van der Waals surface area contributed by atoms with Crippen LogP contribution in [-0.2, 0) is 17.6 Å². The highest BCUT2D eigenvalue weighted by atomic mass is 16.4. The zero-order valence-corrected chi connectivity index (χ0v) is 14.1. The maximum absolute atomic E-state index is 11.7. The van der Waals surface area contributed by atoms with E-state index in [0.717, 1.165) is 19.3 Å². The SMILES string of the molecule is CCCCC(C)(N[C@@H](C)c1ccc2c(c1)CCCC2)C(=O)O. The molecule has 22 heavy (non-hydrogen) atoms. The fourth-order valence-electron chi connectivity index (χ4n) is 3.36. The van der Waals surface area contributed by atoms with E-state index in [9.17, 15) is 9.90 Å². The van der Waals surface area contributed by atoms with Crippen LogP contribution in [0.15, 0.2) is 18.2 Å². The highest BCUT2D eigenvalue weighted by Crippen LogP contribution is 2.26. The number of carboxylic acid groups (broad SMARTS) is 1. The molecule has 0 amide bonds. The number of aliphatic carboxylic acids is 1. The lowest BCUT2D eigenvalue weighted by Crippen LogP contribution is -2.50. The average Bonchev–Trinajstić information content (AvgIpc) is 2.52. The zero-order chi connectivity index (χ0) is 16.2. The first-order valence-electron chi connectivity index (χ1n) is 8.59. The Bertz CT molecular complexity index is 526. The second-order valence-corrected chi connectivity index (χ2v) is 6.84. The molecule has 0 radical (unpaired) electrons. The number of hydrogen-bond acceptors (Lipinski definition) is 2. The van der Waals surface area contributed by atoms with Gasteiger partial charge >= 0.3 is 5.97 Å². The standard InChI is InChI=1S/C19H29NO2/c1-4-5-12-19(3,18(21)22)20-14(2)16-11-10-15-8-6-7-9-17(15)13-16/h10-11,13-14,20H,4-9,12H2,1-3H3,(H,21,22)/t14-,19?/m0/s1. The first-order chi connectivity index (χ1) is 10.5. The minimum atomic E-state index is -0.856. The van der Waals surface area contributed by atoms with Crippen molar-refractivity contribution >= 4 is 5.97 Å². The van der Waals surface area contributed by atoms with Gasteiger partial charge in [0.05, 0.1) is 0 Å². The van der Waals surface area contributed by atoms with Gasteiger partial charge in [0.1, 0.15) is 5.54 Å². The topological polar surface area (TPSA) is 49.3 Å². The molecular formula is C19H29NO2. The van der Waals surface area contributed by atoms with Crippen molar-refractivity contribution in [2.24, 2.45) is 0 Å². The van der Waals surface area contributed by atoms with Crippen molar-refractivity contribution in [3.63, 3.8) is 0 Å². The Balaban J connectivity index is 2.12. The molecule has 2 atom stereocenters. The van der Waals surface area contributed by atoms with Crippen LogP contribution < -0.4 is 5.32 Å². The van der Waals surface area contributed by atoms with E-state index in [1.54, 1.807) is 6.92 Å². The summed E-state index contributed by atoms with van der Waals surface area (Å²) in [6.07, 6.45) is 7.48. The number of unbranched alkanes of at least 4 members (excludes halogenated alkanes) is 1. The lowest BCUT2D eigenvalue weighted by Gasteiger charge is -2.31. The van der Waals surface area contributed by atoms with Gasteiger partial charge in [-0.1, -0.05) is 38.0 Å². The van der Waals surface area contributed by atoms with Crippen molar-refractivity contribution in [1.29, 1.82) is 0 Å². The molecule has 1 unspecified atom stereocenters. The monoisotopic (exact) mass is 303 g/mol. The molecule has 0 saturated heterocycles. The summed E-state index contributed by atoms with van der Waals surface area (Å²) < 4.78 is 0. The molecule has 1 aromatic rings. The van der Waals surface area contributed by atoms with E-state index in [1.807, 2.05) is 0 Å². The lowest BCUT2D eigenvalue weighted by atomic mass is 9.88. The van der Waals surface area contributed by atoms with Gasteiger partial charge in [-0.05, 0) is 62.6 Å².